The summed E-state index contributed by atoms with van der Waals surface area (Å²) < 4.78 is 25.0. The van der Waals surface area contributed by atoms with Crippen molar-refractivity contribution in [2.45, 2.75) is 32.9 Å². The van der Waals surface area contributed by atoms with Gasteiger partial charge in [-0.1, -0.05) is 24.3 Å². The van der Waals surface area contributed by atoms with Crippen molar-refractivity contribution in [3.8, 4) is 17.2 Å². The maximum atomic E-state index is 14.1. The molecule has 1 aliphatic rings. The predicted octanol–water partition coefficient (Wildman–Crippen LogP) is 4.33. The van der Waals surface area contributed by atoms with E-state index in [9.17, 15) is 9.18 Å². The zero-order valence-corrected chi connectivity index (χ0v) is 18.4. The van der Waals surface area contributed by atoms with Gasteiger partial charge in [-0.25, -0.2) is 9.37 Å². The summed E-state index contributed by atoms with van der Waals surface area (Å²) >= 11 is 0. The average Bonchev–Trinajstić information content (AvgIpc) is 3.18. The highest BCUT2D eigenvalue weighted by Crippen LogP contribution is 2.26. The minimum absolute atomic E-state index is 0.0643. The van der Waals surface area contributed by atoms with Gasteiger partial charge in [-0.05, 0) is 56.1 Å². The monoisotopic (exact) mass is 437 g/mol. The molecular formula is C25H28FN3O3. The van der Waals surface area contributed by atoms with Gasteiger partial charge in [0.15, 0.2) is 0 Å². The minimum Gasteiger partial charge on any atom is -0.497 e. The first-order valence-electron chi connectivity index (χ1n) is 10.9. The number of rotatable bonds is 7. The van der Waals surface area contributed by atoms with Crippen LogP contribution in [-0.4, -0.2) is 36.0 Å². The van der Waals surface area contributed by atoms with E-state index < -0.39 is 0 Å². The number of amides is 1. The molecule has 168 valence electrons. The molecule has 1 saturated heterocycles. The summed E-state index contributed by atoms with van der Waals surface area (Å²) in [7, 11) is 1.63. The Morgan fingerprint density at radius 2 is 2.03 bits per heavy atom. The number of carbonyl (C=O) groups excluding carboxylic acids is 1. The molecule has 1 aliphatic heterocycles. The molecule has 1 N–H and O–H groups in total. The fourth-order valence-corrected chi connectivity index (χ4v) is 4.03. The second-order valence-electron chi connectivity index (χ2n) is 8.14. The second kappa shape index (κ2) is 9.96. The van der Waals surface area contributed by atoms with E-state index >= 15 is 0 Å². The Hall–Kier alpha value is -3.19. The number of halogens is 1. The molecule has 1 aromatic heterocycles. The van der Waals surface area contributed by atoms with E-state index in [4.69, 9.17) is 9.15 Å². The van der Waals surface area contributed by atoms with Gasteiger partial charge in [-0.3, -0.25) is 9.69 Å². The van der Waals surface area contributed by atoms with Crippen LogP contribution in [0.4, 0.5) is 4.39 Å². The number of oxazole rings is 1. The van der Waals surface area contributed by atoms with Crippen molar-refractivity contribution < 1.29 is 18.3 Å². The van der Waals surface area contributed by atoms with Gasteiger partial charge in [0.1, 0.15) is 17.3 Å². The number of ether oxygens (including phenoxy) is 1. The van der Waals surface area contributed by atoms with Crippen molar-refractivity contribution >= 4 is 5.91 Å². The van der Waals surface area contributed by atoms with Crippen LogP contribution in [0.1, 0.15) is 29.9 Å². The molecule has 4 rings (SSSR count). The number of likely N-dealkylation sites (tertiary alicyclic amines) is 1. The molecule has 0 bridgehead atoms. The molecule has 7 heteroatoms. The number of hydrogen-bond donors (Lipinski definition) is 1. The van der Waals surface area contributed by atoms with Crippen LogP contribution in [-0.2, 0) is 17.9 Å². The van der Waals surface area contributed by atoms with Gasteiger partial charge in [0.25, 0.3) is 0 Å². The van der Waals surface area contributed by atoms with Gasteiger partial charge in [0, 0.05) is 19.6 Å². The second-order valence-corrected chi connectivity index (χ2v) is 8.14. The van der Waals surface area contributed by atoms with Crippen LogP contribution in [0.25, 0.3) is 11.5 Å². The Balaban J connectivity index is 1.35. The fraction of sp³-hybridized carbons (Fsp3) is 0.360. The van der Waals surface area contributed by atoms with E-state index in [0.29, 0.717) is 36.8 Å². The molecule has 0 aliphatic carbocycles. The molecule has 0 saturated carbocycles. The third-order valence-electron chi connectivity index (χ3n) is 5.87. The van der Waals surface area contributed by atoms with Crippen LogP contribution in [0.15, 0.2) is 52.9 Å². The summed E-state index contributed by atoms with van der Waals surface area (Å²) in [5, 5.41) is 3.05. The maximum Gasteiger partial charge on any atom is 0.229 e. The summed E-state index contributed by atoms with van der Waals surface area (Å²) in [4.78, 5) is 19.5. The maximum absolute atomic E-state index is 14.1. The van der Waals surface area contributed by atoms with Gasteiger partial charge in [0.2, 0.25) is 11.8 Å². The van der Waals surface area contributed by atoms with Gasteiger partial charge in [-0.15, -0.1) is 0 Å². The summed E-state index contributed by atoms with van der Waals surface area (Å²) in [6.45, 7) is 4.47. The highest BCUT2D eigenvalue weighted by molar-refractivity contribution is 5.79. The van der Waals surface area contributed by atoms with Crippen LogP contribution in [0, 0.1) is 18.7 Å². The molecule has 1 fully saturated rings. The topological polar surface area (TPSA) is 67.6 Å². The van der Waals surface area contributed by atoms with Gasteiger partial charge in [-0.2, -0.15) is 0 Å². The first-order chi connectivity index (χ1) is 15.5. The smallest absolute Gasteiger partial charge is 0.229 e. The van der Waals surface area contributed by atoms with Crippen LogP contribution >= 0.6 is 0 Å². The van der Waals surface area contributed by atoms with Crippen LogP contribution in [0.3, 0.4) is 0 Å². The lowest BCUT2D eigenvalue weighted by Gasteiger charge is -2.31. The number of carbonyl (C=O) groups is 1. The number of aryl methyl sites for hydroxylation is 1. The third-order valence-corrected chi connectivity index (χ3v) is 5.87. The van der Waals surface area contributed by atoms with E-state index in [1.54, 1.807) is 25.3 Å². The van der Waals surface area contributed by atoms with E-state index in [0.717, 1.165) is 36.4 Å². The van der Waals surface area contributed by atoms with E-state index in [2.05, 4.69) is 15.2 Å². The van der Waals surface area contributed by atoms with Gasteiger partial charge in [0.05, 0.1) is 24.3 Å². The lowest BCUT2D eigenvalue weighted by molar-refractivity contribution is -0.127. The van der Waals surface area contributed by atoms with E-state index in [1.807, 2.05) is 31.2 Å². The molecule has 2 heterocycles. The molecular weight excluding hydrogens is 409 g/mol. The lowest BCUT2D eigenvalue weighted by atomic mass is 9.97. The van der Waals surface area contributed by atoms with Crippen LogP contribution < -0.4 is 10.1 Å². The van der Waals surface area contributed by atoms with Crippen molar-refractivity contribution in [1.29, 1.82) is 0 Å². The SMILES string of the molecule is COc1ccc(CNC(=O)C2CCCN(Cc3nc(-c4ccccc4F)oc3C)C2)cc1. The standard InChI is InChI=1S/C25H28FN3O3/c1-17-23(28-25(32-17)21-7-3-4-8-22(21)26)16-29-13-5-6-19(15-29)24(30)27-14-18-9-11-20(31-2)12-10-18/h3-4,7-12,19H,5-6,13-16H2,1-2H3,(H,27,30). The normalized spacial score (nSPS) is 16.7. The summed E-state index contributed by atoms with van der Waals surface area (Å²) in [6.07, 6.45) is 1.81. The van der Waals surface area contributed by atoms with Crippen molar-refractivity contribution in [2.75, 3.05) is 20.2 Å². The van der Waals surface area contributed by atoms with Crippen LogP contribution in [0.2, 0.25) is 0 Å². The lowest BCUT2D eigenvalue weighted by Crippen LogP contribution is -2.42. The molecule has 6 nitrogen and oxygen atoms in total. The van der Waals surface area contributed by atoms with Crippen molar-refractivity contribution in [3.05, 3.63) is 71.4 Å². The molecule has 0 spiro atoms. The average molecular weight is 438 g/mol. The highest BCUT2D eigenvalue weighted by Gasteiger charge is 2.27. The molecule has 2 aromatic carbocycles. The van der Waals surface area contributed by atoms with Gasteiger partial charge < -0.3 is 14.5 Å². The zero-order valence-electron chi connectivity index (χ0n) is 18.4. The van der Waals surface area contributed by atoms with Gasteiger partial charge >= 0.3 is 0 Å². The Kier molecular flexibility index (Phi) is 6.85. The molecule has 1 unspecified atom stereocenters. The number of nitrogens with one attached hydrogen (secondary N) is 1. The van der Waals surface area contributed by atoms with E-state index in [-0.39, 0.29) is 17.6 Å². The number of nitrogens with zero attached hydrogens (tertiary/aromatic N) is 2. The highest BCUT2D eigenvalue weighted by atomic mass is 19.1. The molecule has 3 aromatic rings. The number of methoxy groups -OCH3 is 1. The minimum atomic E-state index is -0.355. The molecule has 1 atom stereocenters. The first-order valence-corrected chi connectivity index (χ1v) is 10.9. The molecule has 1 amide bonds. The van der Waals surface area contributed by atoms with Crippen LogP contribution in [0.5, 0.6) is 5.75 Å². The number of aromatic nitrogens is 1. The van der Waals surface area contributed by atoms with Crippen molar-refractivity contribution in [1.82, 2.24) is 15.2 Å². The Morgan fingerprint density at radius 3 is 2.78 bits per heavy atom. The number of hydrogen-bond acceptors (Lipinski definition) is 5. The predicted molar refractivity (Wildman–Crippen MR) is 119 cm³/mol. The zero-order chi connectivity index (χ0) is 22.5. The fourth-order valence-electron chi connectivity index (χ4n) is 4.03. The molecule has 32 heavy (non-hydrogen) atoms. The third kappa shape index (κ3) is 5.16. The Morgan fingerprint density at radius 1 is 1.25 bits per heavy atom. The first kappa shape index (κ1) is 22.0. The number of piperidine rings is 1. The Labute approximate surface area is 187 Å². The quantitative estimate of drug-likeness (QED) is 0.596. The largest absolute Gasteiger partial charge is 0.497 e. The Bertz CT molecular complexity index is 1060. The summed E-state index contributed by atoms with van der Waals surface area (Å²) in [5.41, 5.74) is 2.17. The number of benzene rings is 2. The van der Waals surface area contributed by atoms with Crippen molar-refractivity contribution in [2.24, 2.45) is 5.92 Å². The summed E-state index contributed by atoms with van der Waals surface area (Å²) in [6, 6.07) is 14.1. The molecule has 0 radical (unpaired) electrons. The van der Waals surface area contributed by atoms with Crippen molar-refractivity contribution in [3.63, 3.8) is 0 Å². The summed E-state index contributed by atoms with van der Waals surface area (Å²) in [5.74, 6) is 1.40. The van der Waals surface area contributed by atoms with E-state index in [1.165, 1.54) is 6.07 Å².